The lowest BCUT2D eigenvalue weighted by Gasteiger charge is -2.37. The highest BCUT2D eigenvalue weighted by atomic mass is 79.9. The molecule has 4 rings (SSSR count). The summed E-state index contributed by atoms with van der Waals surface area (Å²) in [5.41, 5.74) is 0.834. The Balaban J connectivity index is 1.25. The standard InChI is InChI=1S/C22H28BrN3O5/c23-16-3-4-17-18(12-16)22(29)26(21(17)28)6-1-2-20(27)24-13-19(15-5-9-31-14-15)25-7-10-30-11-8-25/h3-4,12,15,19H,1-2,5-11,13-14H2,(H,24,27). The van der Waals surface area contributed by atoms with Gasteiger partial charge in [0, 0.05) is 55.6 Å². The molecule has 2 atom stereocenters. The number of nitrogens with one attached hydrogen (secondary N) is 1. The lowest BCUT2D eigenvalue weighted by Crippen LogP contribution is -2.52. The van der Waals surface area contributed by atoms with Crippen LogP contribution in [0.25, 0.3) is 0 Å². The predicted octanol–water partition coefficient (Wildman–Crippen LogP) is 1.68. The molecule has 3 heterocycles. The van der Waals surface area contributed by atoms with Crippen molar-refractivity contribution in [3.63, 3.8) is 0 Å². The molecular formula is C22H28BrN3O5. The summed E-state index contributed by atoms with van der Waals surface area (Å²) < 4.78 is 11.8. The van der Waals surface area contributed by atoms with Crippen molar-refractivity contribution in [3.8, 4) is 0 Å². The van der Waals surface area contributed by atoms with Crippen LogP contribution in [0, 0.1) is 5.92 Å². The van der Waals surface area contributed by atoms with E-state index in [0.717, 1.165) is 50.4 Å². The summed E-state index contributed by atoms with van der Waals surface area (Å²) in [5.74, 6) is -0.232. The van der Waals surface area contributed by atoms with E-state index in [0.29, 0.717) is 30.0 Å². The molecule has 2 unspecified atom stereocenters. The molecule has 0 spiro atoms. The van der Waals surface area contributed by atoms with Crippen LogP contribution in [0.2, 0.25) is 0 Å². The fourth-order valence-electron chi connectivity index (χ4n) is 4.53. The van der Waals surface area contributed by atoms with Crippen molar-refractivity contribution < 1.29 is 23.9 Å². The molecule has 168 valence electrons. The second-order valence-electron chi connectivity index (χ2n) is 8.20. The number of benzene rings is 1. The summed E-state index contributed by atoms with van der Waals surface area (Å²) in [6.45, 7) is 5.49. The van der Waals surface area contributed by atoms with Crippen LogP contribution in [0.15, 0.2) is 22.7 Å². The van der Waals surface area contributed by atoms with Crippen LogP contribution in [-0.2, 0) is 14.3 Å². The molecule has 1 N–H and O–H groups in total. The Labute approximate surface area is 190 Å². The van der Waals surface area contributed by atoms with Crippen LogP contribution in [0.5, 0.6) is 0 Å². The van der Waals surface area contributed by atoms with E-state index in [-0.39, 0.29) is 36.7 Å². The molecule has 0 aromatic heterocycles. The normalized spacial score (nSPS) is 22.6. The van der Waals surface area contributed by atoms with E-state index in [9.17, 15) is 14.4 Å². The predicted molar refractivity (Wildman–Crippen MR) is 117 cm³/mol. The van der Waals surface area contributed by atoms with E-state index in [2.05, 4.69) is 26.1 Å². The van der Waals surface area contributed by atoms with Crippen LogP contribution >= 0.6 is 15.9 Å². The molecule has 1 aromatic rings. The first kappa shape index (κ1) is 22.4. The fourth-order valence-corrected chi connectivity index (χ4v) is 4.89. The molecule has 3 amide bonds. The Kier molecular flexibility index (Phi) is 7.37. The van der Waals surface area contributed by atoms with Gasteiger partial charge in [0.15, 0.2) is 0 Å². The molecule has 9 heteroatoms. The summed E-state index contributed by atoms with van der Waals surface area (Å²) in [7, 11) is 0. The van der Waals surface area contributed by atoms with Crippen LogP contribution in [0.1, 0.15) is 40.0 Å². The van der Waals surface area contributed by atoms with Crippen molar-refractivity contribution >= 4 is 33.7 Å². The number of hydrogen-bond donors (Lipinski definition) is 1. The largest absolute Gasteiger partial charge is 0.381 e. The average molecular weight is 494 g/mol. The lowest BCUT2D eigenvalue weighted by molar-refractivity contribution is -0.121. The van der Waals surface area contributed by atoms with Crippen LogP contribution in [-0.4, -0.2) is 86.2 Å². The number of amides is 3. The average Bonchev–Trinajstić information content (AvgIpc) is 3.38. The Morgan fingerprint density at radius 2 is 1.90 bits per heavy atom. The van der Waals surface area contributed by atoms with E-state index < -0.39 is 0 Å². The molecule has 1 aromatic carbocycles. The molecule has 0 bridgehead atoms. The number of carbonyl (C=O) groups is 3. The number of imide groups is 1. The third-order valence-corrected chi connectivity index (χ3v) is 6.74. The number of morpholine rings is 1. The van der Waals surface area contributed by atoms with Gasteiger partial charge in [0.1, 0.15) is 0 Å². The maximum Gasteiger partial charge on any atom is 0.261 e. The fraction of sp³-hybridized carbons (Fsp3) is 0.591. The minimum absolute atomic E-state index is 0.0588. The van der Waals surface area contributed by atoms with Gasteiger partial charge in [-0.3, -0.25) is 24.2 Å². The van der Waals surface area contributed by atoms with Gasteiger partial charge in [0.2, 0.25) is 5.91 Å². The van der Waals surface area contributed by atoms with Crippen molar-refractivity contribution in [2.24, 2.45) is 5.92 Å². The van der Waals surface area contributed by atoms with Crippen LogP contribution < -0.4 is 5.32 Å². The van der Waals surface area contributed by atoms with Gasteiger partial charge >= 0.3 is 0 Å². The molecule has 2 saturated heterocycles. The van der Waals surface area contributed by atoms with E-state index in [4.69, 9.17) is 9.47 Å². The Morgan fingerprint density at radius 3 is 2.65 bits per heavy atom. The zero-order valence-electron chi connectivity index (χ0n) is 17.5. The summed E-state index contributed by atoms with van der Waals surface area (Å²) in [4.78, 5) is 41.1. The third-order valence-electron chi connectivity index (χ3n) is 6.25. The first-order chi connectivity index (χ1) is 15.0. The van der Waals surface area contributed by atoms with Crippen molar-refractivity contribution in [2.75, 3.05) is 52.6 Å². The number of hydrogen-bond acceptors (Lipinski definition) is 6. The number of ether oxygens (including phenoxy) is 2. The quantitative estimate of drug-likeness (QED) is 0.554. The van der Waals surface area contributed by atoms with Gasteiger partial charge in [-0.05, 0) is 31.0 Å². The molecular weight excluding hydrogens is 466 g/mol. The Hall–Kier alpha value is -1.81. The van der Waals surface area contributed by atoms with Gasteiger partial charge in [-0.2, -0.15) is 0 Å². The molecule has 0 aliphatic carbocycles. The van der Waals surface area contributed by atoms with Gasteiger partial charge in [0.05, 0.1) is 30.9 Å². The van der Waals surface area contributed by atoms with Crippen molar-refractivity contribution in [3.05, 3.63) is 33.8 Å². The van der Waals surface area contributed by atoms with Gasteiger partial charge in [-0.1, -0.05) is 15.9 Å². The minimum atomic E-state index is -0.296. The van der Waals surface area contributed by atoms with E-state index in [1.54, 1.807) is 18.2 Å². The van der Waals surface area contributed by atoms with Crippen LogP contribution in [0.4, 0.5) is 0 Å². The minimum Gasteiger partial charge on any atom is -0.381 e. The second kappa shape index (κ2) is 10.2. The molecule has 0 radical (unpaired) electrons. The van der Waals surface area contributed by atoms with Crippen molar-refractivity contribution in [1.29, 1.82) is 0 Å². The summed E-state index contributed by atoms with van der Waals surface area (Å²) in [5, 5.41) is 3.06. The van der Waals surface area contributed by atoms with Gasteiger partial charge in [-0.15, -0.1) is 0 Å². The number of carbonyl (C=O) groups excluding carboxylic acids is 3. The zero-order valence-corrected chi connectivity index (χ0v) is 19.1. The zero-order chi connectivity index (χ0) is 21.8. The van der Waals surface area contributed by atoms with Gasteiger partial charge in [0.25, 0.3) is 11.8 Å². The van der Waals surface area contributed by atoms with Crippen molar-refractivity contribution in [2.45, 2.75) is 25.3 Å². The summed E-state index contributed by atoms with van der Waals surface area (Å²) in [6, 6.07) is 5.32. The smallest absolute Gasteiger partial charge is 0.261 e. The lowest BCUT2D eigenvalue weighted by atomic mass is 9.97. The highest BCUT2D eigenvalue weighted by Crippen LogP contribution is 2.26. The first-order valence-corrected chi connectivity index (χ1v) is 11.7. The molecule has 0 saturated carbocycles. The van der Waals surface area contributed by atoms with Gasteiger partial charge < -0.3 is 14.8 Å². The monoisotopic (exact) mass is 493 g/mol. The van der Waals surface area contributed by atoms with E-state index >= 15 is 0 Å². The Morgan fingerprint density at radius 1 is 1.13 bits per heavy atom. The number of halogens is 1. The topological polar surface area (TPSA) is 88.2 Å². The van der Waals surface area contributed by atoms with Crippen LogP contribution in [0.3, 0.4) is 0 Å². The maximum absolute atomic E-state index is 12.5. The molecule has 8 nitrogen and oxygen atoms in total. The molecule has 31 heavy (non-hydrogen) atoms. The summed E-state index contributed by atoms with van der Waals surface area (Å²) >= 11 is 3.33. The highest BCUT2D eigenvalue weighted by molar-refractivity contribution is 9.10. The molecule has 2 fully saturated rings. The number of nitrogens with zero attached hydrogens (tertiary/aromatic N) is 2. The van der Waals surface area contributed by atoms with E-state index in [1.165, 1.54) is 4.90 Å². The molecule has 3 aliphatic heterocycles. The van der Waals surface area contributed by atoms with Crippen molar-refractivity contribution in [1.82, 2.24) is 15.1 Å². The number of fused-ring (bicyclic) bond motifs is 1. The Bertz CT molecular complexity index is 836. The first-order valence-electron chi connectivity index (χ1n) is 10.9. The van der Waals surface area contributed by atoms with E-state index in [1.807, 2.05) is 0 Å². The molecule has 3 aliphatic rings. The number of rotatable bonds is 8. The third kappa shape index (κ3) is 5.16. The maximum atomic E-state index is 12.5. The summed E-state index contributed by atoms with van der Waals surface area (Å²) in [6.07, 6.45) is 1.72. The highest BCUT2D eigenvalue weighted by Gasteiger charge is 2.35. The SMILES string of the molecule is O=C(CCCN1C(=O)c2ccc(Br)cc2C1=O)NCC(C1CCOC1)N1CCOCC1. The second-order valence-corrected chi connectivity index (χ2v) is 9.11. The van der Waals surface area contributed by atoms with Gasteiger partial charge in [-0.25, -0.2) is 0 Å².